The van der Waals surface area contributed by atoms with E-state index in [1.807, 2.05) is 0 Å². The molecule has 1 saturated carbocycles. The maximum absolute atomic E-state index is 5.64. The van der Waals surface area contributed by atoms with Gasteiger partial charge in [-0.2, -0.15) is 0 Å². The Morgan fingerprint density at radius 1 is 1.20 bits per heavy atom. The minimum Gasteiger partial charge on any atom is -0.381 e. The van der Waals surface area contributed by atoms with Crippen molar-refractivity contribution in [3.8, 4) is 0 Å². The summed E-state index contributed by atoms with van der Waals surface area (Å²) in [4.78, 5) is 11.3. The molecule has 25 heavy (non-hydrogen) atoms. The number of aromatic nitrogens is 2. The molecule has 1 spiro atoms. The SMILES string of the molecule is CCc1cc(N2CCC[C@H](N[C@H]3CCCC34CCOCC4)C2)ncn1. The summed E-state index contributed by atoms with van der Waals surface area (Å²) >= 11 is 0. The lowest BCUT2D eigenvalue weighted by molar-refractivity contribution is 0.00219. The summed E-state index contributed by atoms with van der Waals surface area (Å²) in [6, 6.07) is 3.42. The zero-order valence-electron chi connectivity index (χ0n) is 15.5. The van der Waals surface area contributed by atoms with Crippen molar-refractivity contribution in [3.63, 3.8) is 0 Å². The van der Waals surface area contributed by atoms with Gasteiger partial charge in [0.15, 0.2) is 0 Å². The minimum atomic E-state index is 0.505. The van der Waals surface area contributed by atoms with Crippen LogP contribution in [-0.4, -0.2) is 48.4 Å². The Bertz CT molecular complexity index is 573. The number of anilines is 1. The van der Waals surface area contributed by atoms with Gasteiger partial charge in [0.25, 0.3) is 0 Å². The van der Waals surface area contributed by atoms with E-state index >= 15 is 0 Å². The second-order valence-electron chi connectivity index (χ2n) is 8.09. The number of ether oxygens (including phenoxy) is 1. The first-order valence-electron chi connectivity index (χ1n) is 10.2. The molecule has 0 bridgehead atoms. The molecule has 1 N–H and O–H groups in total. The number of nitrogens with one attached hydrogen (secondary N) is 1. The summed E-state index contributed by atoms with van der Waals surface area (Å²) in [5.41, 5.74) is 1.64. The predicted octanol–water partition coefficient (Wildman–Crippen LogP) is 2.95. The van der Waals surface area contributed by atoms with E-state index in [1.54, 1.807) is 6.33 Å². The normalized spacial score (nSPS) is 29.2. The van der Waals surface area contributed by atoms with Gasteiger partial charge >= 0.3 is 0 Å². The molecule has 3 aliphatic rings. The number of piperidine rings is 1. The topological polar surface area (TPSA) is 50.3 Å². The van der Waals surface area contributed by atoms with Crippen LogP contribution in [0.25, 0.3) is 0 Å². The predicted molar refractivity (Wildman–Crippen MR) is 99.9 cm³/mol. The van der Waals surface area contributed by atoms with E-state index in [4.69, 9.17) is 4.74 Å². The first-order chi connectivity index (χ1) is 12.3. The number of hydrogen-bond acceptors (Lipinski definition) is 5. The molecule has 4 rings (SSSR count). The number of aryl methyl sites for hydroxylation is 1. The lowest BCUT2D eigenvalue weighted by atomic mass is 9.75. The van der Waals surface area contributed by atoms with Crippen LogP contribution in [0.3, 0.4) is 0 Å². The van der Waals surface area contributed by atoms with E-state index in [1.165, 1.54) is 44.9 Å². The highest BCUT2D eigenvalue weighted by Crippen LogP contribution is 2.46. The van der Waals surface area contributed by atoms with Crippen molar-refractivity contribution in [2.24, 2.45) is 5.41 Å². The van der Waals surface area contributed by atoms with Gasteiger partial charge in [-0.3, -0.25) is 0 Å². The van der Waals surface area contributed by atoms with Crippen LogP contribution in [0, 0.1) is 5.41 Å². The Morgan fingerprint density at radius 3 is 2.92 bits per heavy atom. The van der Waals surface area contributed by atoms with Crippen LogP contribution in [0.1, 0.15) is 57.6 Å². The molecule has 1 aromatic heterocycles. The molecule has 2 aliphatic heterocycles. The molecular weight excluding hydrogens is 312 g/mol. The van der Waals surface area contributed by atoms with E-state index in [0.717, 1.165) is 44.2 Å². The fourth-order valence-electron chi connectivity index (χ4n) is 5.13. The van der Waals surface area contributed by atoms with E-state index < -0.39 is 0 Å². The molecule has 1 aliphatic carbocycles. The van der Waals surface area contributed by atoms with Crippen molar-refractivity contribution in [2.45, 2.75) is 70.4 Å². The fourth-order valence-corrected chi connectivity index (χ4v) is 5.13. The van der Waals surface area contributed by atoms with Crippen molar-refractivity contribution >= 4 is 5.82 Å². The van der Waals surface area contributed by atoms with E-state index in [2.05, 4.69) is 33.2 Å². The van der Waals surface area contributed by atoms with Gasteiger partial charge in [-0.25, -0.2) is 9.97 Å². The second kappa shape index (κ2) is 7.58. The smallest absolute Gasteiger partial charge is 0.132 e. The Labute approximate surface area is 151 Å². The first-order valence-corrected chi connectivity index (χ1v) is 10.2. The van der Waals surface area contributed by atoms with Gasteiger partial charge in [0.1, 0.15) is 12.1 Å². The third-order valence-electron chi connectivity index (χ3n) is 6.65. The fraction of sp³-hybridized carbons (Fsp3) is 0.800. The molecule has 0 amide bonds. The van der Waals surface area contributed by atoms with Crippen molar-refractivity contribution in [1.29, 1.82) is 0 Å². The maximum atomic E-state index is 5.64. The molecule has 0 radical (unpaired) electrons. The third kappa shape index (κ3) is 3.68. The molecule has 0 aromatic carbocycles. The van der Waals surface area contributed by atoms with Crippen molar-refractivity contribution in [3.05, 3.63) is 18.1 Å². The third-order valence-corrected chi connectivity index (χ3v) is 6.65. The highest BCUT2D eigenvalue weighted by molar-refractivity contribution is 5.39. The standard InChI is InChI=1S/C20H32N4O/c1-2-16-13-19(22-15-21-16)24-10-4-5-17(14-24)23-18-6-3-7-20(18)8-11-25-12-9-20/h13,15,17-18,23H,2-12,14H2,1H3/t17-,18-/m0/s1. The summed E-state index contributed by atoms with van der Waals surface area (Å²) in [6.07, 6.45) is 11.8. The van der Waals surface area contributed by atoms with Crippen LogP contribution in [0.15, 0.2) is 12.4 Å². The largest absolute Gasteiger partial charge is 0.381 e. The highest BCUT2D eigenvalue weighted by Gasteiger charge is 2.44. The summed E-state index contributed by atoms with van der Waals surface area (Å²) in [7, 11) is 0. The Kier molecular flexibility index (Phi) is 5.23. The van der Waals surface area contributed by atoms with Gasteiger partial charge in [0.05, 0.1) is 0 Å². The number of hydrogen-bond donors (Lipinski definition) is 1. The van der Waals surface area contributed by atoms with Crippen LogP contribution in [0.5, 0.6) is 0 Å². The van der Waals surface area contributed by atoms with Crippen LogP contribution >= 0.6 is 0 Å². The maximum Gasteiger partial charge on any atom is 0.132 e. The highest BCUT2D eigenvalue weighted by atomic mass is 16.5. The zero-order chi connectivity index (χ0) is 17.1. The Hall–Kier alpha value is -1.20. The molecule has 3 heterocycles. The summed E-state index contributed by atoms with van der Waals surface area (Å²) in [6.45, 7) is 6.25. The Morgan fingerprint density at radius 2 is 2.08 bits per heavy atom. The van der Waals surface area contributed by atoms with Crippen LogP contribution in [0.2, 0.25) is 0 Å². The van der Waals surface area contributed by atoms with Gasteiger partial charge in [-0.1, -0.05) is 13.3 Å². The lowest BCUT2D eigenvalue weighted by Crippen LogP contribution is -2.54. The van der Waals surface area contributed by atoms with Gasteiger partial charge in [0, 0.05) is 50.1 Å². The van der Waals surface area contributed by atoms with Gasteiger partial charge in [0.2, 0.25) is 0 Å². The Balaban J connectivity index is 1.41. The molecule has 3 fully saturated rings. The summed E-state index contributed by atoms with van der Waals surface area (Å²) in [5, 5.41) is 4.07. The first kappa shape index (κ1) is 17.2. The molecule has 5 heteroatoms. The average molecular weight is 345 g/mol. The van der Waals surface area contributed by atoms with E-state index in [0.29, 0.717) is 17.5 Å². The van der Waals surface area contributed by atoms with Crippen LogP contribution in [-0.2, 0) is 11.2 Å². The molecular formula is C20H32N4O. The van der Waals surface area contributed by atoms with E-state index in [9.17, 15) is 0 Å². The number of nitrogens with zero attached hydrogens (tertiary/aromatic N) is 3. The van der Waals surface area contributed by atoms with Crippen molar-refractivity contribution in [1.82, 2.24) is 15.3 Å². The molecule has 0 unspecified atom stereocenters. The number of rotatable bonds is 4. The van der Waals surface area contributed by atoms with Gasteiger partial charge < -0.3 is 15.0 Å². The average Bonchev–Trinajstić information content (AvgIpc) is 3.04. The summed E-state index contributed by atoms with van der Waals surface area (Å²) in [5.74, 6) is 1.10. The van der Waals surface area contributed by atoms with Crippen LogP contribution < -0.4 is 10.2 Å². The summed E-state index contributed by atoms with van der Waals surface area (Å²) < 4.78 is 5.64. The molecule has 2 atom stereocenters. The second-order valence-corrected chi connectivity index (χ2v) is 8.09. The lowest BCUT2D eigenvalue weighted by Gasteiger charge is -2.43. The quantitative estimate of drug-likeness (QED) is 0.910. The van der Waals surface area contributed by atoms with Crippen molar-refractivity contribution < 1.29 is 4.74 Å². The molecule has 2 saturated heterocycles. The van der Waals surface area contributed by atoms with Crippen LogP contribution in [0.4, 0.5) is 5.82 Å². The van der Waals surface area contributed by atoms with Gasteiger partial charge in [-0.05, 0) is 50.4 Å². The van der Waals surface area contributed by atoms with Gasteiger partial charge in [-0.15, -0.1) is 0 Å². The zero-order valence-corrected chi connectivity index (χ0v) is 15.5. The molecule has 5 nitrogen and oxygen atoms in total. The minimum absolute atomic E-state index is 0.505. The molecule has 1 aromatic rings. The molecule has 138 valence electrons. The monoisotopic (exact) mass is 344 g/mol. The van der Waals surface area contributed by atoms with E-state index in [-0.39, 0.29) is 0 Å². The van der Waals surface area contributed by atoms with Crippen molar-refractivity contribution in [2.75, 3.05) is 31.2 Å².